The average Bonchev–Trinajstić information content (AvgIpc) is 2.45. The third-order valence-corrected chi connectivity index (χ3v) is 3.66. The summed E-state index contributed by atoms with van der Waals surface area (Å²) >= 11 is 0. The van der Waals surface area contributed by atoms with E-state index in [1.54, 1.807) is 52.0 Å². The third kappa shape index (κ3) is 3.97. The van der Waals surface area contributed by atoms with Gasteiger partial charge in [0.15, 0.2) is 0 Å². The second-order valence-corrected chi connectivity index (χ2v) is 6.17. The van der Waals surface area contributed by atoms with Crippen LogP contribution in [0.25, 0.3) is 0 Å². The fourth-order valence-corrected chi connectivity index (χ4v) is 2.30. The Morgan fingerprint density at radius 3 is 2.65 bits per heavy atom. The number of hydrogen-bond acceptors (Lipinski definition) is 4. The van der Waals surface area contributed by atoms with Gasteiger partial charge in [0.1, 0.15) is 11.6 Å². The smallest absolute Gasteiger partial charge is 0.251 e. The summed E-state index contributed by atoms with van der Waals surface area (Å²) in [5, 5.41) is 12.4. The van der Waals surface area contributed by atoms with Crippen molar-refractivity contribution in [2.45, 2.75) is 39.2 Å². The normalized spacial score (nSPS) is 12.7. The van der Waals surface area contributed by atoms with Crippen molar-refractivity contribution in [2.24, 2.45) is 0 Å². The van der Waals surface area contributed by atoms with Crippen molar-refractivity contribution in [3.05, 3.63) is 57.8 Å². The number of phenols is 1. The maximum Gasteiger partial charge on any atom is 0.251 e. The number of H-pyrrole nitrogens is 1. The van der Waals surface area contributed by atoms with Crippen LogP contribution in [0.5, 0.6) is 5.75 Å². The molecule has 0 radical (unpaired) electrons. The van der Waals surface area contributed by atoms with E-state index < -0.39 is 11.5 Å². The molecule has 1 atom stereocenters. The highest BCUT2D eigenvalue weighted by Crippen LogP contribution is 2.22. The van der Waals surface area contributed by atoms with Gasteiger partial charge in [-0.2, -0.15) is 0 Å². The largest absolute Gasteiger partial charge is 0.508 e. The van der Waals surface area contributed by atoms with E-state index >= 15 is 0 Å². The number of hydrogen-bond donors (Lipinski definition) is 3. The van der Waals surface area contributed by atoms with E-state index in [0.29, 0.717) is 17.1 Å². The van der Waals surface area contributed by atoms with Crippen molar-refractivity contribution >= 4 is 5.91 Å². The molecule has 2 aromatic rings. The summed E-state index contributed by atoms with van der Waals surface area (Å²) in [7, 11) is 0. The minimum absolute atomic E-state index is 0.117. The van der Waals surface area contributed by atoms with Crippen LogP contribution in [0.2, 0.25) is 0 Å². The van der Waals surface area contributed by atoms with Gasteiger partial charge in [0.2, 0.25) is 5.91 Å². The molecule has 0 saturated carbocycles. The first-order valence-corrected chi connectivity index (χ1v) is 7.38. The van der Waals surface area contributed by atoms with Crippen molar-refractivity contribution in [2.75, 3.05) is 0 Å². The maximum atomic E-state index is 12.5. The van der Waals surface area contributed by atoms with Gasteiger partial charge in [0.05, 0.1) is 11.5 Å². The first-order chi connectivity index (χ1) is 10.7. The molecule has 0 fully saturated rings. The molecule has 0 spiro atoms. The van der Waals surface area contributed by atoms with E-state index in [9.17, 15) is 14.7 Å². The summed E-state index contributed by atoms with van der Waals surface area (Å²) in [5.41, 5.74) is 0.222. The van der Waals surface area contributed by atoms with Gasteiger partial charge in [-0.1, -0.05) is 12.1 Å². The first-order valence-electron chi connectivity index (χ1n) is 7.38. The maximum absolute atomic E-state index is 12.5. The van der Waals surface area contributed by atoms with Gasteiger partial charge in [-0.05, 0) is 45.4 Å². The van der Waals surface area contributed by atoms with Crippen LogP contribution in [0, 0.1) is 6.92 Å². The predicted octanol–water partition coefficient (Wildman–Crippen LogP) is 1.94. The number of benzene rings is 1. The average molecular weight is 315 g/mol. The van der Waals surface area contributed by atoms with Crippen LogP contribution in [-0.2, 0) is 10.3 Å². The number of carbonyl (C=O) groups is 1. The second kappa shape index (κ2) is 6.24. The lowest BCUT2D eigenvalue weighted by atomic mass is 9.97. The van der Waals surface area contributed by atoms with Crippen LogP contribution in [0.15, 0.2) is 35.1 Å². The Bertz CT molecular complexity index is 781. The highest BCUT2D eigenvalue weighted by molar-refractivity contribution is 5.84. The standard InChI is InChI=1S/C17H21N3O3/c1-10-8-14(22)19-16(18-10)17(3,4)20-15(23)11(2)12-6-5-7-13(21)9-12/h5-9,11,21H,1-4H3,(H,20,23)(H,18,19,22). The van der Waals surface area contributed by atoms with Crippen molar-refractivity contribution < 1.29 is 9.90 Å². The van der Waals surface area contributed by atoms with Gasteiger partial charge in [0.25, 0.3) is 5.56 Å². The fraction of sp³-hybridized carbons (Fsp3) is 0.353. The van der Waals surface area contributed by atoms with Crippen molar-refractivity contribution in [1.29, 1.82) is 0 Å². The second-order valence-electron chi connectivity index (χ2n) is 6.17. The molecule has 0 aliphatic heterocycles. The van der Waals surface area contributed by atoms with Gasteiger partial charge >= 0.3 is 0 Å². The van der Waals surface area contributed by atoms with Crippen LogP contribution >= 0.6 is 0 Å². The van der Waals surface area contributed by atoms with Crippen LogP contribution in [-0.4, -0.2) is 21.0 Å². The van der Waals surface area contributed by atoms with Crippen LogP contribution in [0.3, 0.4) is 0 Å². The summed E-state index contributed by atoms with van der Waals surface area (Å²) in [6, 6.07) is 7.99. The predicted molar refractivity (Wildman–Crippen MR) is 87.3 cm³/mol. The van der Waals surface area contributed by atoms with Gasteiger partial charge in [-0.25, -0.2) is 4.98 Å². The number of aryl methyl sites for hydroxylation is 1. The molecule has 0 aliphatic carbocycles. The molecule has 1 aromatic heterocycles. The number of carbonyl (C=O) groups excluding carboxylic acids is 1. The Morgan fingerprint density at radius 1 is 1.35 bits per heavy atom. The molecule has 1 heterocycles. The SMILES string of the molecule is Cc1cc(=O)[nH]c(C(C)(C)NC(=O)C(C)c2cccc(O)c2)n1. The molecule has 122 valence electrons. The lowest BCUT2D eigenvalue weighted by Gasteiger charge is -2.27. The number of rotatable bonds is 4. The zero-order valence-electron chi connectivity index (χ0n) is 13.7. The topological polar surface area (TPSA) is 95.1 Å². The highest BCUT2D eigenvalue weighted by atomic mass is 16.3. The molecule has 1 unspecified atom stereocenters. The Hall–Kier alpha value is -2.63. The quantitative estimate of drug-likeness (QED) is 0.803. The van der Waals surface area contributed by atoms with Crippen molar-refractivity contribution in [1.82, 2.24) is 15.3 Å². The van der Waals surface area contributed by atoms with E-state index in [1.165, 1.54) is 6.07 Å². The summed E-state index contributed by atoms with van der Waals surface area (Å²) < 4.78 is 0. The molecular weight excluding hydrogens is 294 g/mol. The molecule has 0 bridgehead atoms. The van der Waals surface area contributed by atoms with Crippen LogP contribution in [0.1, 0.15) is 43.8 Å². The number of amides is 1. The Labute approximate surface area is 134 Å². The van der Waals surface area contributed by atoms with Crippen LogP contribution in [0.4, 0.5) is 0 Å². The number of nitrogens with one attached hydrogen (secondary N) is 2. The summed E-state index contributed by atoms with van der Waals surface area (Å²) in [5.74, 6) is -0.146. The van der Waals surface area contributed by atoms with E-state index in [1.807, 2.05) is 0 Å². The Balaban J connectivity index is 2.22. The Kier molecular flexibility index (Phi) is 4.54. The van der Waals surface area contributed by atoms with Gasteiger partial charge in [0, 0.05) is 11.8 Å². The molecule has 1 amide bonds. The zero-order valence-corrected chi connectivity index (χ0v) is 13.7. The summed E-state index contributed by atoms with van der Waals surface area (Å²) in [4.78, 5) is 31.1. The van der Waals surface area contributed by atoms with Gasteiger partial charge in [-0.15, -0.1) is 0 Å². The minimum atomic E-state index is -0.826. The minimum Gasteiger partial charge on any atom is -0.508 e. The van der Waals surface area contributed by atoms with Gasteiger partial charge < -0.3 is 15.4 Å². The summed E-state index contributed by atoms with van der Waals surface area (Å²) in [6.45, 7) is 7.04. The molecule has 6 heteroatoms. The van der Waals surface area contributed by atoms with Crippen molar-refractivity contribution in [3.8, 4) is 5.75 Å². The fourth-order valence-electron chi connectivity index (χ4n) is 2.30. The molecule has 1 aromatic carbocycles. The monoisotopic (exact) mass is 315 g/mol. The molecule has 2 rings (SSSR count). The number of nitrogens with zero attached hydrogens (tertiary/aromatic N) is 1. The highest BCUT2D eigenvalue weighted by Gasteiger charge is 2.28. The first kappa shape index (κ1) is 16.7. The Morgan fingerprint density at radius 2 is 2.04 bits per heavy atom. The summed E-state index contributed by atoms with van der Waals surface area (Å²) in [6.07, 6.45) is 0. The lowest BCUT2D eigenvalue weighted by molar-refractivity contribution is -0.124. The number of aromatic hydroxyl groups is 1. The van der Waals surface area contributed by atoms with Crippen molar-refractivity contribution in [3.63, 3.8) is 0 Å². The lowest BCUT2D eigenvalue weighted by Crippen LogP contribution is -2.45. The number of aromatic amines is 1. The molecule has 3 N–H and O–H groups in total. The van der Waals surface area contributed by atoms with Gasteiger partial charge in [-0.3, -0.25) is 9.59 Å². The number of phenolic OH excluding ortho intramolecular Hbond substituents is 1. The molecule has 0 saturated heterocycles. The molecule has 6 nitrogen and oxygen atoms in total. The van der Waals surface area contributed by atoms with E-state index in [-0.39, 0.29) is 17.2 Å². The zero-order chi connectivity index (χ0) is 17.2. The van der Waals surface area contributed by atoms with E-state index in [2.05, 4.69) is 15.3 Å². The molecular formula is C17H21N3O3. The van der Waals surface area contributed by atoms with E-state index in [4.69, 9.17) is 0 Å². The van der Waals surface area contributed by atoms with Crippen LogP contribution < -0.4 is 10.9 Å². The third-order valence-electron chi connectivity index (χ3n) is 3.66. The molecule has 23 heavy (non-hydrogen) atoms. The number of aromatic nitrogens is 2. The molecule has 0 aliphatic rings. The van der Waals surface area contributed by atoms with E-state index in [0.717, 1.165) is 0 Å².